The molecular weight excluding hydrogens is 451 g/mol. The number of ether oxygens (including phenoxy) is 2. The number of hydrogen-bond donors (Lipinski definition) is 0. The highest BCUT2D eigenvalue weighted by atomic mass is 35.5. The van der Waals surface area contributed by atoms with Crippen molar-refractivity contribution in [3.8, 4) is 11.3 Å². The summed E-state index contributed by atoms with van der Waals surface area (Å²) in [6, 6.07) is 5.92. The smallest absolute Gasteiger partial charge is 0.344 e. The highest BCUT2D eigenvalue weighted by Crippen LogP contribution is 2.33. The molecule has 1 aromatic carbocycles. The van der Waals surface area contributed by atoms with Crippen LogP contribution < -0.4 is 0 Å². The molecule has 0 amide bonds. The van der Waals surface area contributed by atoms with Crippen LogP contribution in [0, 0.1) is 26.6 Å². The Bertz CT molecular complexity index is 1190. The summed E-state index contributed by atoms with van der Waals surface area (Å²) in [6.07, 6.45) is 2.16. The van der Waals surface area contributed by atoms with Crippen LogP contribution in [0.3, 0.4) is 0 Å². The molecular formula is C24H24ClFN2O5. The van der Waals surface area contributed by atoms with E-state index in [1.165, 1.54) is 25.1 Å². The molecule has 4 rings (SSSR count). The average Bonchev–Trinajstić information content (AvgIpc) is 3.49. The van der Waals surface area contributed by atoms with Gasteiger partial charge in [0.15, 0.2) is 6.61 Å². The van der Waals surface area contributed by atoms with Crippen LogP contribution in [-0.2, 0) is 16.0 Å². The van der Waals surface area contributed by atoms with Crippen LogP contribution in [0.15, 0.2) is 28.8 Å². The molecule has 0 unspecified atom stereocenters. The zero-order chi connectivity index (χ0) is 23.7. The summed E-state index contributed by atoms with van der Waals surface area (Å²) in [5.74, 6) is -1.70. The van der Waals surface area contributed by atoms with E-state index in [0.717, 1.165) is 30.8 Å². The van der Waals surface area contributed by atoms with Crippen LogP contribution in [-0.4, -0.2) is 40.8 Å². The third-order valence-electron chi connectivity index (χ3n) is 5.89. The van der Waals surface area contributed by atoms with E-state index >= 15 is 0 Å². The lowest BCUT2D eigenvalue weighted by Gasteiger charge is -2.14. The van der Waals surface area contributed by atoms with E-state index in [9.17, 15) is 14.0 Å². The molecule has 0 saturated carbocycles. The Morgan fingerprint density at radius 3 is 2.79 bits per heavy atom. The minimum absolute atomic E-state index is 0.0630. The molecule has 0 aliphatic carbocycles. The van der Waals surface area contributed by atoms with Crippen LogP contribution in [0.5, 0.6) is 0 Å². The third-order valence-corrected chi connectivity index (χ3v) is 6.20. The van der Waals surface area contributed by atoms with E-state index in [1.807, 2.05) is 18.4 Å². The van der Waals surface area contributed by atoms with Gasteiger partial charge in [0.25, 0.3) is 0 Å². The number of carbonyl (C=O) groups is 2. The minimum Gasteiger partial charge on any atom is -0.454 e. The molecule has 7 nitrogen and oxygen atoms in total. The number of aryl methyl sites for hydroxylation is 2. The Hall–Kier alpha value is -2.97. The molecule has 0 spiro atoms. The zero-order valence-corrected chi connectivity index (χ0v) is 19.4. The summed E-state index contributed by atoms with van der Waals surface area (Å²) in [5.41, 5.74) is 2.01. The first kappa shape index (κ1) is 23.2. The highest BCUT2D eigenvalue weighted by Gasteiger charge is 2.28. The summed E-state index contributed by atoms with van der Waals surface area (Å²) < 4.78 is 32.5. The molecule has 3 aromatic rings. The number of Topliss-reactive ketones (excluding diaryl/α,β-unsaturated/α-hetero) is 1. The number of ketones is 1. The Kier molecular flexibility index (Phi) is 6.67. The lowest BCUT2D eigenvalue weighted by Crippen LogP contribution is -2.18. The number of nitrogens with zero attached hydrogens (tertiary/aromatic N) is 2. The van der Waals surface area contributed by atoms with Crippen molar-refractivity contribution in [3.63, 3.8) is 0 Å². The van der Waals surface area contributed by atoms with E-state index in [2.05, 4.69) is 5.16 Å². The maximum atomic E-state index is 14.4. The predicted molar refractivity (Wildman–Crippen MR) is 119 cm³/mol. The number of carbonyl (C=O) groups excluding carboxylic acids is 2. The second-order valence-corrected chi connectivity index (χ2v) is 8.50. The third kappa shape index (κ3) is 4.58. The number of aromatic nitrogens is 2. The molecule has 1 saturated heterocycles. The normalized spacial score (nSPS) is 15.7. The summed E-state index contributed by atoms with van der Waals surface area (Å²) in [6.45, 7) is 6.25. The summed E-state index contributed by atoms with van der Waals surface area (Å²) in [5, 5.41) is 3.87. The fourth-order valence-corrected chi connectivity index (χ4v) is 4.40. The Morgan fingerprint density at radius 2 is 2.09 bits per heavy atom. The van der Waals surface area contributed by atoms with Gasteiger partial charge in [0.05, 0.1) is 16.7 Å². The van der Waals surface area contributed by atoms with Crippen molar-refractivity contribution in [2.45, 2.75) is 46.3 Å². The van der Waals surface area contributed by atoms with Crippen LogP contribution in [0.1, 0.15) is 50.7 Å². The van der Waals surface area contributed by atoms with Crippen LogP contribution >= 0.6 is 11.6 Å². The second-order valence-electron chi connectivity index (χ2n) is 8.09. The first-order valence-electron chi connectivity index (χ1n) is 10.7. The average molecular weight is 475 g/mol. The molecule has 174 valence electrons. The van der Waals surface area contributed by atoms with Crippen molar-refractivity contribution in [1.82, 2.24) is 9.72 Å². The molecule has 2 aromatic heterocycles. The van der Waals surface area contributed by atoms with Crippen molar-refractivity contribution in [3.05, 3.63) is 63.4 Å². The number of halogens is 2. The van der Waals surface area contributed by atoms with Gasteiger partial charge < -0.3 is 18.6 Å². The number of benzene rings is 1. The summed E-state index contributed by atoms with van der Waals surface area (Å²) >= 11 is 6.11. The van der Waals surface area contributed by atoms with Gasteiger partial charge in [0, 0.05) is 30.1 Å². The second kappa shape index (κ2) is 9.49. The number of hydrogen-bond acceptors (Lipinski definition) is 6. The molecule has 0 bridgehead atoms. The maximum Gasteiger partial charge on any atom is 0.344 e. The van der Waals surface area contributed by atoms with E-state index in [1.54, 1.807) is 6.07 Å². The van der Waals surface area contributed by atoms with Gasteiger partial charge in [-0.25, -0.2) is 9.18 Å². The lowest BCUT2D eigenvalue weighted by molar-refractivity contribution is 0.0473. The summed E-state index contributed by atoms with van der Waals surface area (Å²) in [4.78, 5) is 25.7. The monoisotopic (exact) mass is 474 g/mol. The van der Waals surface area contributed by atoms with Crippen molar-refractivity contribution >= 4 is 23.4 Å². The molecule has 9 heteroatoms. The molecule has 1 aliphatic rings. The molecule has 33 heavy (non-hydrogen) atoms. The molecule has 0 radical (unpaired) electrons. The van der Waals surface area contributed by atoms with Crippen molar-refractivity contribution in [2.24, 2.45) is 0 Å². The fraction of sp³-hybridized carbons (Fsp3) is 0.375. The Morgan fingerprint density at radius 1 is 1.30 bits per heavy atom. The van der Waals surface area contributed by atoms with Gasteiger partial charge in [-0.15, -0.1) is 0 Å². The van der Waals surface area contributed by atoms with Gasteiger partial charge in [0.2, 0.25) is 5.78 Å². The van der Waals surface area contributed by atoms with E-state index in [-0.39, 0.29) is 39.5 Å². The number of rotatable bonds is 7. The van der Waals surface area contributed by atoms with Crippen molar-refractivity contribution in [2.75, 3.05) is 13.2 Å². The quantitative estimate of drug-likeness (QED) is 0.351. The molecule has 1 aliphatic heterocycles. The van der Waals surface area contributed by atoms with E-state index < -0.39 is 18.4 Å². The minimum atomic E-state index is -0.843. The first-order chi connectivity index (χ1) is 15.8. The number of esters is 1. The van der Waals surface area contributed by atoms with Gasteiger partial charge in [-0.2, -0.15) is 0 Å². The summed E-state index contributed by atoms with van der Waals surface area (Å²) in [7, 11) is 0. The Balaban J connectivity index is 1.50. The van der Waals surface area contributed by atoms with Crippen molar-refractivity contribution < 1.29 is 28.0 Å². The lowest BCUT2D eigenvalue weighted by atomic mass is 10.1. The highest BCUT2D eigenvalue weighted by molar-refractivity contribution is 6.33. The topological polar surface area (TPSA) is 83.6 Å². The van der Waals surface area contributed by atoms with E-state index in [4.69, 9.17) is 25.6 Å². The van der Waals surface area contributed by atoms with Crippen LogP contribution in [0.2, 0.25) is 5.02 Å². The molecule has 0 N–H and O–H groups in total. The van der Waals surface area contributed by atoms with Gasteiger partial charge >= 0.3 is 5.97 Å². The molecule has 3 heterocycles. The van der Waals surface area contributed by atoms with Gasteiger partial charge in [-0.3, -0.25) is 4.79 Å². The molecule has 1 fully saturated rings. The standard InChI is InChI=1S/C24H24ClFN2O5/c1-13-10-17(14(2)28(13)11-16-6-5-9-31-16)20(29)12-32-24(30)21-15(3)33-27-23(21)22-18(25)7-4-8-19(22)26/h4,7-8,10,16H,5-6,9,11-12H2,1-3H3/t16-/m0/s1. The molecule has 1 atom stereocenters. The van der Waals surface area contributed by atoms with Gasteiger partial charge in [-0.05, 0) is 51.8 Å². The fourth-order valence-electron chi connectivity index (χ4n) is 4.14. The largest absolute Gasteiger partial charge is 0.454 e. The zero-order valence-electron chi connectivity index (χ0n) is 18.6. The Labute approximate surface area is 195 Å². The maximum absolute atomic E-state index is 14.4. The predicted octanol–water partition coefficient (Wildman–Crippen LogP) is 5.08. The van der Waals surface area contributed by atoms with Crippen LogP contribution in [0.25, 0.3) is 11.3 Å². The first-order valence-corrected chi connectivity index (χ1v) is 11.0. The van der Waals surface area contributed by atoms with Gasteiger partial charge in [0.1, 0.15) is 22.8 Å². The van der Waals surface area contributed by atoms with Gasteiger partial charge in [-0.1, -0.05) is 22.8 Å². The van der Waals surface area contributed by atoms with Crippen molar-refractivity contribution in [1.29, 1.82) is 0 Å². The van der Waals surface area contributed by atoms with E-state index in [0.29, 0.717) is 12.1 Å². The van der Waals surface area contributed by atoms with Crippen LogP contribution in [0.4, 0.5) is 4.39 Å². The SMILES string of the molecule is Cc1onc(-c2c(F)cccc2Cl)c1C(=O)OCC(=O)c1cc(C)n(C[C@@H]2CCCO2)c1C.